The molecule has 0 bridgehead atoms. The summed E-state index contributed by atoms with van der Waals surface area (Å²) in [5.74, 6) is -0.733. The Kier molecular flexibility index (Phi) is 8.82. The third kappa shape index (κ3) is 6.12. The zero-order valence-electron chi connectivity index (χ0n) is 23.0. The normalized spacial score (nSPS) is 13.2. The summed E-state index contributed by atoms with van der Waals surface area (Å²) in [6.45, 7) is 32.2. The lowest BCUT2D eigenvalue weighted by molar-refractivity contribution is 0.0481. The Hall–Kier alpha value is -0.972. The first-order valence-electron chi connectivity index (χ1n) is 11.8. The average molecular weight is 511 g/mol. The highest BCUT2D eigenvalue weighted by atomic mass is 28.3. The lowest BCUT2D eigenvalue weighted by Gasteiger charge is -2.41. The van der Waals surface area contributed by atoms with Gasteiger partial charge in [0.15, 0.2) is 0 Å². The largest absolute Gasteiger partial charge is 0.462 e. The third-order valence-electron chi connectivity index (χ3n) is 5.46. The Labute approximate surface area is 200 Å². The van der Waals surface area contributed by atoms with Crippen LogP contribution < -0.4 is 20.7 Å². The zero-order chi connectivity index (χ0) is 25.4. The van der Waals surface area contributed by atoms with Crippen molar-refractivity contribution < 1.29 is 19.1 Å². The molecule has 0 saturated heterocycles. The van der Waals surface area contributed by atoms with Gasteiger partial charge in [-0.15, -0.1) is 0 Å². The average Bonchev–Trinajstić information content (AvgIpc) is 2.56. The molecule has 0 fully saturated rings. The van der Waals surface area contributed by atoms with Crippen LogP contribution in [0.15, 0.2) is 0 Å². The van der Waals surface area contributed by atoms with E-state index < -0.39 is 32.3 Å². The van der Waals surface area contributed by atoms with Crippen LogP contribution in [0.4, 0.5) is 0 Å². The van der Waals surface area contributed by atoms with Gasteiger partial charge in [-0.3, -0.25) is 0 Å². The van der Waals surface area contributed by atoms with Gasteiger partial charge in [0.05, 0.1) is 56.6 Å². The molecule has 0 aromatic heterocycles. The van der Waals surface area contributed by atoms with E-state index in [0.717, 1.165) is 10.4 Å². The SMILES string of the molecule is CCOC(=O)c1c(C(=O)OCC)c([Si](C)(C)C)c([Si](C)(C)C)c([Si](C)(C)C)c1[Si](C)(C)C. The Morgan fingerprint density at radius 2 is 0.719 bits per heavy atom. The maximum absolute atomic E-state index is 13.6. The fourth-order valence-corrected chi connectivity index (χ4v) is 18.8. The number of rotatable bonds is 8. The Morgan fingerprint density at radius 3 is 0.875 bits per heavy atom. The Morgan fingerprint density at radius 1 is 0.500 bits per heavy atom. The molecule has 0 atom stereocenters. The number of ether oxygens (including phenoxy) is 2. The van der Waals surface area contributed by atoms with Crippen molar-refractivity contribution in [2.24, 2.45) is 0 Å². The first kappa shape index (κ1) is 29.1. The van der Waals surface area contributed by atoms with E-state index >= 15 is 0 Å². The molecule has 0 N–H and O–H groups in total. The van der Waals surface area contributed by atoms with Gasteiger partial charge in [-0.2, -0.15) is 0 Å². The molecule has 0 heterocycles. The van der Waals surface area contributed by atoms with Gasteiger partial charge in [0.2, 0.25) is 0 Å². The molecule has 0 amide bonds. The summed E-state index contributed by atoms with van der Waals surface area (Å²) in [4.78, 5) is 27.2. The summed E-state index contributed by atoms with van der Waals surface area (Å²) in [5.41, 5.74) is 1.03. The van der Waals surface area contributed by atoms with E-state index in [-0.39, 0.29) is 25.2 Å². The van der Waals surface area contributed by atoms with Crippen molar-refractivity contribution in [1.82, 2.24) is 0 Å². The summed E-state index contributed by atoms with van der Waals surface area (Å²) in [7, 11) is -7.90. The minimum atomic E-state index is -2.05. The molecule has 1 aromatic rings. The number of carbonyl (C=O) groups is 2. The molecular weight excluding hydrogens is 465 g/mol. The molecule has 0 aliphatic carbocycles. The van der Waals surface area contributed by atoms with Gasteiger partial charge in [0.1, 0.15) is 0 Å². The second kappa shape index (κ2) is 9.72. The van der Waals surface area contributed by atoms with Crippen molar-refractivity contribution in [3.63, 3.8) is 0 Å². The van der Waals surface area contributed by atoms with E-state index in [1.807, 2.05) is 13.8 Å². The van der Waals surface area contributed by atoms with Crippen molar-refractivity contribution in [2.75, 3.05) is 13.2 Å². The third-order valence-corrected chi connectivity index (χ3v) is 14.2. The molecule has 0 unspecified atom stereocenters. The molecule has 4 nitrogen and oxygen atoms in total. The number of carbonyl (C=O) groups excluding carboxylic acids is 2. The highest BCUT2D eigenvalue weighted by Crippen LogP contribution is 2.21. The highest BCUT2D eigenvalue weighted by molar-refractivity contribution is 7.08. The van der Waals surface area contributed by atoms with Gasteiger partial charge >= 0.3 is 11.9 Å². The fourth-order valence-electron chi connectivity index (χ4n) is 4.56. The van der Waals surface area contributed by atoms with Crippen molar-refractivity contribution in [3.05, 3.63) is 11.1 Å². The molecule has 0 radical (unpaired) electrons. The Bertz CT molecular complexity index is 807. The second-order valence-corrected chi connectivity index (χ2v) is 32.7. The molecule has 0 saturated carbocycles. The van der Waals surface area contributed by atoms with Gasteiger partial charge in [0, 0.05) is 0 Å². The van der Waals surface area contributed by atoms with E-state index in [0.29, 0.717) is 11.1 Å². The molecule has 32 heavy (non-hydrogen) atoms. The van der Waals surface area contributed by atoms with Gasteiger partial charge < -0.3 is 9.47 Å². The van der Waals surface area contributed by atoms with Gasteiger partial charge in [-0.05, 0) is 24.2 Å². The maximum atomic E-state index is 13.6. The first-order chi connectivity index (χ1) is 14.2. The van der Waals surface area contributed by atoms with Crippen LogP contribution in [-0.4, -0.2) is 57.4 Å². The number of benzene rings is 1. The van der Waals surface area contributed by atoms with Crippen LogP contribution >= 0.6 is 0 Å². The lowest BCUT2D eigenvalue weighted by atomic mass is 10.1. The summed E-state index contributed by atoms with van der Waals surface area (Å²) in [6.07, 6.45) is 0. The van der Waals surface area contributed by atoms with E-state index in [9.17, 15) is 9.59 Å². The van der Waals surface area contributed by atoms with E-state index in [1.54, 1.807) is 0 Å². The summed E-state index contributed by atoms with van der Waals surface area (Å²) in [6, 6.07) is 0. The Balaban J connectivity index is 4.73. The van der Waals surface area contributed by atoms with Gasteiger partial charge in [-0.25, -0.2) is 9.59 Å². The van der Waals surface area contributed by atoms with Crippen LogP contribution in [0, 0.1) is 0 Å². The topological polar surface area (TPSA) is 52.6 Å². The first-order valence-corrected chi connectivity index (χ1v) is 25.8. The number of hydrogen-bond acceptors (Lipinski definition) is 4. The fraction of sp³-hybridized carbons (Fsp3) is 0.667. The monoisotopic (exact) mass is 510 g/mol. The van der Waals surface area contributed by atoms with Crippen LogP contribution in [0.25, 0.3) is 0 Å². The molecule has 0 aliphatic heterocycles. The second-order valence-electron chi connectivity index (χ2n) is 12.7. The van der Waals surface area contributed by atoms with Crippen molar-refractivity contribution in [2.45, 2.75) is 92.4 Å². The van der Waals surface area contributed by atoms with Crippen LogP contribution in [0.2, 0.25) is 78.6 Å². The minimum absolute atomic E-state index is 0.284. The number of esters is 2. The summed E-state index contributed by atoms with van der Waals surface area (Å²) >= 11 is 0. The molecule has 1 rings (SSSR count). The van der Waals surface area contributed by atoms with Gasteiger partial charge in [-0.1, -0.05) is 88.9 Å². The predicted octanol–water partition coefficient (Wildman–Crippen LogP) is 4.22. The van der Waals surface area contributed by atoms with Crippen LogP contribution in [0.5, 0.6) is 0 Å². The molecule has 8 heteroatoms. The van der Waals surface area contributed by atoms with Crippen molar-refractivity contribution >= 4 is 65.0 Å². The maximum Gasteiger partial charge on any atom is 0.338 e. The molecule has 0 aliphatic rings. The summed E-state index contributed by atoms with van der Waals surface area (Å²) < 4.78 is 11.2. The highest BCUT2D eigenvalue weighted by Gasteiger charge is 2.45. The van der Waals surface area contributed by atoms with Crippen molar-refractivity contribution in [1.29, 1.82) is 0 Å². The zero-order valence-corrected chi connectivity index (χ0v) is 27.0. The van der Waals surface area contributed by atoms with Crippen molar-refractivity contribution in [3.8, 4) is 0 Å². The van der Waals surface area contributed by atoms with E-state index in [2.05, 4.69) is 78.6 Å². The van der Waals surface area contributed by atoms with Crippen LogP contribution in [0.3, 0.4) is 0 Å². The quantitative estimate of drug-likeness (QED) is 0.388. The lowest BCUT2D eigenvalue weighted by Crippen LogP contribution is -2.75. The van der Waals surface area contributed by atoms with Crippen LogP contribution in [-0.2, 0) is 9.47 Å². The van der Waals surface area contributed by atoms with Gasteiger partial charge in [0.25, 0.3) is 0 Å². The molecular formula is C24H46O4Si4. The predicted molar refractivity (Wildman–Crippen MR) is 150 cm³/mol. The van der Waals surface area contributed by atoms with Crippen LogP contribution in [0.1, 0.15) is 34.6 Å². The smallest absolute Gasteiger partial charge is 0.338 e. The summed E-state index contributed by atoms with van der Waals surface area (Å²) in [5, 5.41) is 5.11. The standard InChI is InChI=1S/C24H46O4Si4/c1-15-27-23(25)17-18(24(26)28-16-2)20(30(6,7)8)22(32(12,13)14)21(31(9,10)11)19(17)29(3,4)5/h15-16H2,1-14H3. The molecule has 182 valence electrons. The minimum Gasteiger partial charge on any atom is -0.462 e. The van der Waals surface area contributed by atoms with E-state index in [1.165, 1.54) is 10.4 Å². The number of hydrogen-bond donors (Lipinski definition) is 0. The molecule has 1 aromatic carbocycles. The van der Waals surface area contributed by atoms with E-state index in [4.69, 9.17) is 9.47 Å². The molecule has 0 spiro atoms.